The molecule has 0 aliphatic heterocycles. The predicted octanol–water partition coefficient (Wildman–Crippen LogP) is 2.18. The second-order valence-corrected chi connectivity index (χ2v) is 5.66. The Balaban J connectivity index is 1.52. The van der Waals surface area contributed by atoms with Crippen molar-refractivity contribution < 1.29 is 0 Å². The average molecular weight is 343 g/mol. The van der Waals surface area contributed by atoms with Crippen molar-refractivity contribution in [2.24, 2.45) is 0 Å². The number of rotatable bonds is 4. The van der Waals surface area contributed by atoms with Gasteiger partial charge in [0.1, 0.15) is 5.82 Å². The molecule has 3 aromatic heterocycles. The van der Waals surface area contributed by atoms with Crippen molar-refractivity contribution in [3.05, 3.63) is 76.6 Å². The first-order valence-electron chi connectivity index (χ1n) is 7.84. The van der Waals surface area contributed by atoms with Gasteiger partial charge in [0.15, 0.2) is 5.52 Å². The van der Waals surface area contributed by atoms with Crippen LogP contribution in [0.2, 0.25) is 0 Å². The normalized spacial score (nSPS) is 10.6. The molecule has 4 rings (SSSR count). The molecule has 0 amide bonds. The molecule has 0 unspecified atom stereocenters. The third kappa shape index (κ3) is 3.14. The Morgan fingerprint density at radius 2 is 2.04 bits per heavy atom. The van der Waals surface area contributed by atoms with Gasteiger partial charge in [-0.05, 0) is 29.8 Å². The molecule has 8 heteroatoms. The van der Waals surface area contributed by atoms with Crippen LogP contribution in [0.15, 0.2) is 59.9 Å². The molecule has 0 bridgehead atoms. The summed E-state index contributed by atoms with van der Waals surface area (Å²) in [6.45, 7) is 0.585. The number of aromatic nitrogens is 5. The highest BCUT2D eigenvalue weighted by Crippen LogP contribution is 2.16. The molecule has 2 N–H and O–H groups in total. The maximum Gasteiger partial charge on any atom is 0.277 e. The summed E-state index contributed by atoms with van der Waals surface area (Å²) in [6.07, 6.45) is 4.88. The number of nitriles is 1. The molecule has 0 spiro atoms. The van der Waals surface area contributed by atoms with Gasteiger partial charge in [-0.25, -0.2) is 9.97 Å². The quantitative estimate of drug-likeness (QED) is 0.587. The summed E-state index contributed by atoms with van der Waals surface area (Å²) in [6, 6.07) is 13.0. The summed E-state index contributed by atoms with van der Waals surface area (Å²) in [5.74, 6) is 0.536. The van der Waals surface area contributed by atoms with Gasteiger partial charge in [0.25, 0.3) is 5.56 Å². The lowest BCUT2D eigenvalue weighted by atomic mass is 10.1. The Hall–Kier alpha value is -3.99. The summed E-state index contributed by atoms with van der Waals surface area (Å²) in [4.78, 5) is 22.7. The number of anilines is 2. The molecule has 0 saturated carbocycles. The fraction of sp³-hybridized carbons (Fsp3) is 0.0556. The lowest BCUT2D eigenvalue weighted by molar-refractivity contribution is 0.687. The number of nitrogens with zero attached hydrogens (tertiary/aromatic N) is 5. The topological polar surface area (TPSA) is 112 Å². The van der Waals surface area contributed by atoms with E-state index in [1.54, 1.807) is 35.1 Å². The summed E-state index contributed by atoms with van der Waals surface area (Å²) in [5.41, 5.74) is 2.96. The first-order valence-corrected chi connectivity index (χ1v) is 7.84. The first-order chi connectivity index (χ1) is 12.7. The van der Waals surface area contributed by atoms with Gasteiger partial charge in [-0.3, -0.25) is 9.48 Å². The summed E-state index contributed by atoms with van der Waals surface area (Å²) < 4.78 is 1.78. The van der Waals surface area contributed by atoms with Crippen LogP contribution >= 0.6 is 0 Å². The smallest absolute Gasteiger partial charge is 0.277 e. The van der Waals surface area contributed by atoms with E-state index in [0.29, 0.717) is 23.4 Å². The van der Waals surface area contributed by atoms with Gasteiger partial charge in [0, 0.05) is 6.20 Å². The van der Waals surface area contributed by atoms with Crippen molar-refractivity contribution in [2.75, 3.05) is 5.32 Å². The van der Waals surface area contributed by atoms with E-state index >= 15 is 0 Å². The maximum atomic E-state index is 11.8. The van der Waals surface area contributed by atoms with Crippen molar-refractivity contribution >= 4 is 22.5 Å². The van der Waals surface area contributed by atoms with Crippen molar-refractivity contribution in [1.82, 2.24) is 24.7 Å². The van der Waals surface area contributed by atoms with Gasteiger partial charge < -0.3 is 10.3 Å². The molecular formula is C18H13N7O. The Labute approximate surface area is 147 Å². The molecule has 3 heterocycles. The van der Waals surface area contributed by atoms with Gasteiger partial charge in [0.05, 0.1) is 41.9 Å². The molecule has 0 fully saturated rings. The molecule has 126 valence electrons. The third-order valence-electron chi connectivity index (χ3n) is 3.82. The molecule has 0 radical (unpaired) electrons. The van der Waals surface area contributed by atoms with Gasteiger partial charge in [-0.15, -0.1) is 0 Å². The number of fused-ring (bicyclic) bond motifs is 1. The van der Waals surface area contributed by atoms with E-state index < -0.39 is 0 Å². The monoisotopic (exact) mass is 343 g/mol. The molecule has 0 aliphatic rings. The molecule has 0 aliphatic carbocycles. The molecule has 4 aromatic rings. The highest BCUT2D eigenvalue weighted by Gasteiger charge is 2.05. The molecule has 8 nitrogen and oxygen atoms in total. The summed E-state index contributed by atoms with van der Waals surface area (Å²) in [5, 5.41) is 16.3. The highest BCUT2D eigenvalue weighted by atomic mass is 16.1. The van der Waals surface area contributed by atoms with E-state index in [-0.39, 0.29) is 11.1 Å². The van der Waals surface area contributed by atoms with E-state index in [1.807, 2.05) is 18.3 Å². The van der Waals surface area contributed by atoms with Gasteiger partial charge >= 0.3 is 0 Å². The minimum atomic E-state index is -0.282. The Bertz CT molecular complexity index is 1170. The minimum absolute atomic E-state index is 0.280. The van der Waals surface area contributed by atoms with E-state index in [1.165, 1.54) is 6.33 Å². The molecule has 26 heavy (non-hydrogen) atoms. The van der Waals surface area contributed by atoms with Gasteiger partial charge in [-0.2, -0.15) is 10.4 Å². The molecular weight excluding hydrogens is 330 g/mol. The zero-order valence-corrected chi connectivity index (χ0v) is 13.5. The van der Waals surface area contributed by atoms with Crippen LogP contribution in [0.25, 0.3) is 11.0 Å². The van der Waals surface area contributed by atoms with E-state index in [2.05, 4.69) is 31.4 Å². The van der Waals surface area contributed by atoms with Gasteiger partial charge in [0.2, 0.25) is 0 Å². The molecule has 0 atom stereocenters. The summed E-state index contributed by atoms with van der Waals surface area (Å²) in [7, 11) is 0. The van der Waals surface area contributed by atoms with E-state index in [4.69, 9.17) is 5.26 Å². The van der Waals surface area contributed by atoms with Crippen LogP contribution in [-0.2, 0) is 6.54 Å². The predicted molar refractivity (Wildman–Crippen MR) is 95.9 cm³/mol. The van der Waals surface area contributed by atoms with Crippen molar-refractivity contribution in [3.63, 3.8) is 0 Å². The van der Waals surface area contributed by atoms with Crippen LogP contribution in [-0.4, -0.2) is 24.7 Å². The summed E-state index contributed by atoms with van der Waals surface area (Å²) >= 11 is 0. The Kier molecular flexibility index (Phi) is 3.88. The Morgan fingerprint density at radius 1 is 1.19 bits per heavy atom. The van der Waals surface area contributed by atoms with Gasteiger partial charge in [-0.1, -0.05) is 12.1 Å². The third-order valence-corrected chi connectivity index (χ3v) is 3.82. The van der Waals surface area contributed by atoms with Crippen molar-refractivity contribution in [1.29, 1.82) is 5.26 Å². The zero-order valence-electron chi connectivity index (χ0n) is 13.5. The highest BCUT2D eigenvalue weighted by molar-refractivity contribution is 5.75. The fourth-order valence-electron chi connectivity index (χ4n) is 2.56. The second-order valence-electron chi connectivity index (χ2n) is 5.66. The first kappa shape index (κ1) is 15.5. The average Bonchev–Trinajstić information content (AvgIpc) is 3.10. The molecule has 0 saturated heterocycles. The Morgan fingerprint density at radius 3 is 2.85 bits per heavy atom. The van der Waals surface area contributed by atoms with Crippen LogP contribution < -0.4 is 10.9 Å². The SMILES string of the molecule is N#Cc1ccc(Cn2cc(Nc3ccc4nc[nH]c(=O)c4n3)cn2)cc1. The van der Waals surface area contributed by atoms with E-state index in [9.17, 15) is 4.79 Å². The number of pyridine rings is 1. The van der Waals surface area contributed by atoms with Crippen molar-refractivity contribution in [3.8, 4) is 6.07 Å². The zero-order chi connectivity index (χ0) is 17.9. The fourth-order valence-corrected chi connectivity index (χ4v) is 2.56. The molecule has 1 aromatic carbocycles. The maximum absolute atomic E-state index is 11.8. The number of nitrogens with one attached hydrogen (secondary N) is 2. The van der Waals surface area contributed by atoms with Crippen LogP contribution in [0.3, 0.4) is 0 Å². The largest absolute Gasteiger partial charge is 0.338 e. The number of hydrogen-bond donors (Lipinski definition) is 2. The minimum Gasteiger partial charge on any atom is -0.338 e. The lowest BCUT2D eigenvalue weighted by Gasteiger charge is -2.04. The van der Waals surface area contributed by atoms with Crippen LogP contribution in [0, 0.1) is 11.3 Å². The standard InChI is InChI=1S/C18H13N7O/c19-7-12-1-3-13(4-2-12)9-25-10-14(8-22-25)23-16-6-5-15-17(24-16)18(26)21-11-20-15/h1-6,8,10-11H,9H2,(H,23,24)(H,20,21,26). The lowest BCUT2D eigenvalue weighted by Crippen LogP contribution is -2.08. The van der Waals surface area contributed by atoms with Crippen LogP contribution in [0.1, 0.15) is 11.1 Å². The van der Waals surface area contributed by atoms with Crippen LogP contribution in [0.4, 0.5) is 11.5 Å². The number of hydrogen-bond acceptors (Lipinski definition) is 6. The number of aromatic amines is 1. The second kappa shape index (κ2) is 6.49. The number of H-pyrrole nitrogens is 1. The van der Waals surface area contributed by atoms with E-state index in [0.717, 1.165) is 11.3 Å². The van der Waals surface area contributed by atoms with Crippen molar-refractivity contribution in [2.45, 2.75) is 6.54 Å². The van der Waals surface area contributed by atoms with Crippen LogP contribution in [0.5, 0.6) is 0 Å². The number of benzene rings is 1.